The number of nitrogens with zero attached hydrogens (tertiary/aromatic N) is 3. The molecule has 5 heteroatoms. The van der Waals surface area contributed by atoms with Gasteiger partial charge in [0.25, 0.3) is 5.91 Å². The molecule has 2 aromatic rings. The van der Waals surface area contributed by atoms with Crippen LogP contribution < -0.4 is 0 Å². The maximum Gasteiger partial charge on any atom is 0.254 e. The van der Waals surface area contributed by atoms with Crippen molar-refractivity contribution in [1.82, 2.24) is 14.7 Å². The molecule has 2 aliphatic rings. The third-order valence-corrected chi connectivity index (χ3v) is 5.54. The molecule has 5 nitrogen and oxygen atoms in total. The zero-order chi connectivity index (χ0) is 17.7. The second-order valence-electron chi connectivity index (χ2n) is 7.19. The number of carbonyl (C=O) groups is 2. The van der Waals surface area contributed by atoms with Gasteiger partial charge in [0, 0.05) is 48.4 Å². The highest BCUT2D eigenvalue weighted by Gasteiger charge is 2.36. The van der Waals surface area contributed by atoms with Gasteiger partial charge >= 0.3 is 0 Å². The third kappa shape index (κ3) is 2.68. The number of fused-ring (bicyclic) bond motifs is 1. The Kier molecular flexibility index (Phi) is 3.74. The number of amides is 1. The van der Waals surface area contributed by atoms with Crippen molar-refractivity contribution < 1.29 is 9.59 Å². The maximum absolute atomic E-state index is 13.3. The minimum Gasteiger partial charge on any atom is -0.331 e. The Bertz CT molecular complexity index is 877. The summed E-state index contributed by atoms with van der Waals surface area (Å²) in [5, 5.41) is 4.48. The SMILES string of the molecule is Cc1nn(C)c(C)c1CN(C(=O)c1cccc2c1CCC2=O)C1CC1. The Morgan fingerprint density at radius 1 is 1.28 bits per heavy atom. The Morgan fingerprint density at radius 3 is 2.68 bits per heavy atom. The van der Waals surface area contributed by atoms with Crippen LogP contribution in [0.2, 0.25) is 0 Å². The summed E-state index contributed by atoms with van der Waals surface area (Å²) in [5.41, 5.74) is 5.58. The van der Waals surface area contributed by atoms with Crippen LogP contribution in [0.5, 0.6) is 0 Å². The van der Waals surface area contributed by atoms with Gasteiger partial charge in [-0.15, -0.1) is 0 Å². The van der Waals surface area contributed by atoms with Gasteiger partial charge in [-0.2, -0.15) is 5.10 Å². The quantitative estimate of drug-likeness (QED) is 0.862. The average molecular weight is 337 g/mol. The van der Waals surface area contributed by atoms with Crippen molar-refractivity contribution in [3.63, 3.8) is 0 Å². The Balaban J connectivity index is 1.69. The van der Waals surface area contributed by atoms with Gasteiger partial charge in [-0.25, -0.2) is 0 Å². The first-order valence-corrected chi connectivity index (χ1v) is 8.92. The van der Waals surface area contributed by atoms with Crippen LogP contribution in [-0.2, 0) is 20.0 Å². The van der Waals surface area contributed by atoms with E-state index in [9.17, 15) is 9.59 Å². The number of hydrogen-bond donors (Lipinski definition) is 0. The van der Waals surface area contributed by atoms with Gasteiger partial charge in [0.15, 0.2) is 5.78 Å². The lowest BCUT2D eigenvalue weighted by Crippen LogP contribution is -2.33. The van der Waals surface area contributed by atoms with E-state index in [0.717, 1.165) is 40.9 Å². The standard InChI is InChI=1S/C20H23N3O2/c1-12-18(13(2)22(3)21-12)11-23(14-7-8-14)20(25)17-6-4-5-16-15(17)9-10-19(16)24/h4-6,14H,7-11H2,1-3H3. The Hall–Kier alpha value is -2.43. The van der Waals surface area contributed by atoms with Crippen LogP contribution in [0.25, 0.3) is 0 Å². The summed E-state index contributed by atoms with van der Waals surface area (Å²) < 4.78 is 1.87. The molecule has 1 saturated carbocycles. The molecule has 0 saturated heterocycles. The number of aromatic nitrogens is 2. The van der Waals surface area contributed by atoms with E-state index in [1.54, 1.807) is 0 Å². The lowest BCUT2D eigenvalue weighted by atomic mass is 10.0. The van der Waals surface area contributed by atoms with Gasteiger partial charge < -0.3 is 4.90 Å². The van der Waals surface area contributed by atoms with Crippen LogP contribution in [0.15, 0.2) is 18.2 Å². The zero-order valence-corrected chi connectivity index (χ0v) is 15.0. The molecule has 1 aromatic carbocycles. The number of benzene rings is 1. The molecule has 0 radical (unpaired) electrons. The van der Waals surface area contributed by atoms with Crippen LogP contribution >= 0.6 is 0 Å². The monoisotopic (exact) mass is 337 g/mol. The fourth-order valence-corrected chi connectivity index (χ4v) is 3.82. The number of ketones is 1. The van der Waals surface area contributed by atoms with Crippen LogP contribution in [0.3, 0.4) is 0 Å². The van der Waals surface area contributed by atoms with Crippen LogP contribution in [0.1, 0.15) is 62.5 Å². The normalized spacial score (nSPS) is 16.2. The Labute approximate surface area is 147 Å². The first-order valence-electron chi connectivity index (χ1n) is 8.92. The average Bonchev–Trinajstić information content (AvgIpc) is 3.32. The van der Waals surface area contributed by atoms with Gasteiger partial charge in [-0.05, 0) is 44.7 Å². The predicted octanol–water partition coefficient (Wildman–Crippen LogP) is 2.97. The molecule has 0 spiro atoms. The molecule has 0 aliphatic heterocycles. The maximum atomic E-state index is 13.3. The van der Waals surface area contributed by atoms with Crippen molar-refractivity contribution in [1.29, 1.82) is 0 Å². The van der Waals surface area contributed by atoms with Crippen molar-refractivity contribution in [3.8, 4) is 0 Å². The summed E-state index contributed by atoms with van der Waals surface area (Å²) in [5.74, 6) is 0.207. The van der Waals surface area contributed by atoms with Crippen molar-refractivity contribution in [2.75, 3.05) is 0 Å². The van der Waals surface area contributed by atoms with E-state index in [1.165, 1.54) is 0 Å². The molecule has 1 amide bonds. The molecule has 0 atom stereocenters. The first-order chi connectivity index (χ1) is 12.0. The Morgan fingerprint density at radius 2 is 2.04 bits per heavy atom. The van der Waals surface area contributed by atoms with Crippen molar-refractivity contribution in [2.45, 2.75) is 52.1 Å². The number of carbonyl (C=O) groups excluding carboxylic acids is 2. The largest absolute Gasteiger partial charge is 0.331 e. The highest BCUT2D eigenvalue weighted by Crippen LogP contribution is 2.33. The summed E-state index contributed by atoms with van der Waals surface area (Å²) in [6.07, 6.45) is 3.31. The second kappa shape index (κ2) is 5.83. The van der Waals surface area contributed by atoms with E-state index < -0.39 is 0 Å². The van der Waals surface area contributed by atoms with E-state index in [0.29, 0.717) is 31.0 Å². The number of hydrogen-bond acceptors (Lipinski definition) is 3. The molecule has 1 fully saturated rings. The summed E-state index contributed by atoms with van der Waals surface area (Å²) in [4.78, 5) is 27.3. The molecular weight excluding hydrogens is 314 g/mol. The molecule has 1 aromatic heterocycles. The third-order valence-electron chi connectivity index (χ3n) is 5.54. The second-order valence-corrected chi connectivity index (χ2v) is 7.19. The number of Topliss-reactive ketones (excluding diaryl/α,β-unsaturated/α-hetero) is 1. The van der Waals surface area contributed by atoms with Gasteiger partial charge in [-0.1, -0.05) is 12.1 Å². The lowest BCUT2D eigenvalue weighted by Gasteiger charge is -2.24. The van der Waals surface area contributed by atoms with Gasteiger partial charge in [0.1, 0.15) is 0 Å². The van der Waals surface area contributed by atoms with Crippen molar-refractivity contribution >= 4 is 11.7 Å². The van der Waals surface area contributed by atoms with E-state index >= 15 is 0 Å². The highest BCUT2D eigenvalue weighted by molar-refractivity contribution is 6.05. The fraction of sp³-hybridized carbons (Fsp3) is 0.450. The van der Waals surface area contributed by atoms with E-state index in [2.05, 4.69) is 5.10 Å². The van der Waals surface area contributed by atoms with Gasteiger partial charge in [-0.3, -0.25) is 14.3 Å². The van der Waals surface area contributed by atoms with E-state index in [1.807, 2.05) is 48.7 Å². The number of aryl methyl sites for hydroxylation is 2. The van der Waals surface area contributed by atoms with Crippen LogP contribution in [0.4, 0.5) is 0 Å². The van der Waals surface area contributed by atoms with Crippen molar-refractivity contribution in [2.24, 2.45) is 7.05 Å². The first kappa shape index (κ1) is 16.1. The summed E-state index contributed by atoms with van der Waals surface area (Å²) >= 11 is 0. The number of rotatable bonds is 4. The summed E-state index contributed by atoms with van der Waals surface area (Å²) in [6.45, 7) is 4.63. The van der Waals surface area contributed by atoms with Gasteiger partial charge in [0.2, 0.25) is 0 Å². The lowest BCUT2D eigenvalue weighted by molar-refractivity contribution is 0.0728. The van der Waals surface area contributed by atoms with E-state index in [-0.39, 0.29) is 11.7 Å². The highest BCUT2D eigenvalue weighted by atomic mass is 16.2. The predicted molar refractivity (Wildman–Crippen MR) is 94.7 cm³/mol. The van der Waals surface area contributed by atoms with Gasteiger partial charge in [0.05, 0.1) is 5.69 Å². The molecule has 0 N–H and O–H groups in total. The molecule has 25 heavy (non-hydrogen) atoms. The smallest absolute Gasteiger partial charge is 0.254 e. The minimum absolute atomic E-state index is 0.0525. The molecule has 130 valence electrons. The zero-order valence-electron chi connectivity index (χ0n) is 15.0. The van der Waals surface area contributed by atoms with Crippen molar-refractivity contribution in [3.05, 3.63) is 51.8 Å². The van der Waals surface area contributed by atoms with Crippen LogP contribution in [-0.4, -0.2) is 32.4 Å². The van der Waals surface area contributed by atoms with Crippen LogP contribution in [0, 0.1) is 13.8 Å². The summed E-state index contributed by atoms with van der Waals surface area (Å²) in [6, 6.07) is 5.86. The topological polar surface area (TPSA) is 55.2 Å². The molecule has 0 unspecified atom stereocenters. The molecule has 4 rings (SSSR count). The molecular formula is C20H23N3O2. The summed E-state index contributed by atoms with van der Waals surface area (Å²) in [7, 11) is 1.94. The molecule has 0 bridgehead atoms. The molecule has 1 heterocycles. The minimum atomic E-state index is 0.0525. The fourth-order valence-electron chi connectivity index (χ4n) is 3.82. The molecule has 2 aliphatic carbocycles. The van der Waals surface area contributed by atoms with E-state index in [4.69, 9.17) is 0 Å².